The summed E-state index contributed by atoms with van der Waals surface area (Å²) in [5.41, 5.74) is 7.98. The Hall–Kier alpha value is -2.09. The maximum Gasteiger partial charge on any atom is 0.344 e. The zero-order valence-electron chi connectivity index (χ0n) is 10.7. The first-order chi connectivity index (χ1) is 9.13. The van der Waals surface area contributed by atoms with Gasteiger partial charge in [0.15, 0.2) is 5.82 Å². The lowest BCUT2D eigenvalue weighted by atomic mass is 10.2. The van der Waals surface area contributed by atoms with Crippen LogP contribution in [0.2, 0.25) is 0 Å². The number of aromatic nitrogens is 3. The van der Waals surface area contributed by atoms with Crippen LogP contribution in [0.15, 0.2) is 6.20 Å². The quantitative estimate of drug-likeness (QED) is 0.718. The number of esters is 1. The molecule has 0 aliphatic carbocycles. The molecule has 2 heterocycles. The van der Waals surface area contributed by atoms with Crippen LogP contribution < -0.4 is 11.1 Å². The van der Waals surface area contributed by atoms with E-state index < -0.39 is 5.97 Å². The van der Waals surface area contributed by atoms with Crippen molar-refractivity contribution in [2.24, 2.45) is 0 Å². The predicted molar refractivity (Wildman–Crippen MR) is 73.1 cm³/mol. The van der Waals surface area contributed by atoms with E-state index in [-0.39, 0.29) is 5.82 Å². The topological polar surface area (TPSA) is 106 Å². The Labute approximate surface area is 114 Å². The second kappa shape index (κ2) is 5.70. The second-order valence-electron chi connectivity index (χ2n) is 3.87. The maximum atomic E-state index is 11.8. The third kappa shape index (κ3) is 2.84. The van der Waals surface area contributed by atoms with Crippen LogP contribution in [0.4, 0.5) is 10.8 Å². The number of rotatable bonds is 5. The smallest absolute Gasteiger partial charge is 0.344 e. The van der Waals surface area contributed by atoms with Gasteiger partial charge in [0.05, 0.1) is 12.8 Å². The third-order valence-corrected chi connectivity index (χ3v) is 3.39. The maximum absolute atomic E-state index is 11.8. The van der Waals surface area contributed by atoms with Crippen LogP contribution >= 0.6 is 11.5 Å². The van der Waals surface area contributed by atoms with Gasteiger partial charge < -0.3 is 15.8 Å². The van der Waals surface area contributed by atoms with E-state index in [2.05, 4.69) is 19.9 Å². The normalized spacial score (nSPS) is 10.4. The van der Waals surface area contributed by atoms with Gasteiger partial charge in [-0.15, -0.1) is 0 Å². The molecule has 0 saturated carbocycles. The summed E-state index contributed by atoms with van der Waals surface area (Å²) in [6.07, 6.45) is 1.73. The number of nitrogens with zero attached hydrogens (tertiary/aromatic N) is 2. The number of anilines is 2. The Morgan fingerprint density at radius 3 is 3.05 bits per heavy atom. The molecule has 0 fully saturated rings. The van der Waals surface area contributed by atoms with Crippen LogP contribution in [0, 0.1) is 6.92 Å². The highest BCUT2D eigenvalue weighted by atomic mass is 32.1. The minimum Gasteiger partial charge on any atom is -0.462 e. The van der Waals surface area contributed by atoms with Crippen LogP contribution in [0.1, 0.15) is 28.5 Å². The van der Waals surface area contributed by atoms with Crippen molar-refractivity contribution in [1.29, 1.82) is 0 Å². The lowest BCUT2D eigenvalue weighted by molar-refractivity contribution is 0.0529. The van der Waals surface area contributed by atoms with Gasteiger partial charge >= 0.3 is 5.97 Å². The first-order valence-electron chi connectivity index (χ1n) is 5.78. The van der Waals surface area contributed by atoms with Gasteiger partial charge in [0.25, 0.3) is 0 Å². The fourth-order valence-electron chi connectivity index (χ4n) is 1.55. The van der Waals surface area contributed by atoms with Gasteiger partial charge in [0.2, 0.25) is 0 Å². The molecular weight excluding hydrogens is 266 g/mol. The molecule has 4 N–H and O–H groups in total. The Bertz CT molecular complexity index is 577. The molecule has 102 valence electrons. The number of nitrogens with two attached hydrogens (primary N) is 1. The minimum atomic E-state index is -0.458. The van der Waals surface area contributed by atoms with Crippen LogP contribution in [0.3, 0.4) is 0 Å². The molecule has 0 saturated heterocycles. The average molecular weight is 281 g/mol. The van der Waals surface area contributed by atoms with Crippen molar-refractivity contribution in [2.75, 3.05) is 17.7 Å². The lowest BCUT2D eigenvalue weighted by Gasteiger charge is -2.06. The highest BCUT2D eigenvalue weighted by molar-refractivity contribution is 7.11. The van der Waals surface area contributed by atoms with Gasteiger partial charge in [0.1, 0.15) is 10.6 Å². The predicted octanol–water partition coefficient (Wildman–Crippen LogP) is 1.55. The van der Waals surface area contributed by atoms with Crippen LogP contribution in [0.25, 0.3) is 0 Å². The molecule has 0 atom stereocenters. The summed E-state index contributed by atoms with van der Waals surface area (Å²) in [6.45, 7) is 4.51. The van der Waals surface area contributed by atoms with Gasteiger partial charge in [-0.3, -0.25) is 5.10 Å². The molecule has 0 radical (unpaired) electrons. The summed E-state index contributed by atoms with van der Waals surface area (Å²) in [4.78, 5) is 11.8. The van der Waals surface area contributed by atoms with E-state index in [0.29, 0.717) is 23.7 Å². The number of carbonyl (C=O) groups excluding carboxylic acids is 1. The molecule has 2 aromatic rings. The van der Waals surface area contributed by atoms with E-state index in [1.54, 1.807) is 13.1 Å². The largest absolute Gasteiger partial charge is 0.462 e. The van der Waals surface area contributed by atoms with Crippen molar-refractivity contribution in [3.63, 3.8) is 0 Å². The van der Waals surface area contributed by atoms with E-state index in [9.17, 15) is 4.79 Å². The first kappa shape index (κ1) is 13.3. The standard InChI is InChI=1S/C11H15N5O2S/c1-3-18-11(17)8-9(12)16-19-10(8)13-4-7-5-14-15-6(7)2/h5,13H,3-4H2,1-2H3,(H2,12,16)(H,14,15). The monoisotopic (exact) mass is 281 g/mol. The molecule has 0 aliphatic rings. The van der Waals surface area contributed by atoms with Gasteiger partial charge in [0, 0.05) is 17.8 Å². The molecule has 19 heavy (non-hydrogen) atoms. The Balaban J connectivity index is 2.13. The lowest BCUT2D eigenvalue weighted by Crippen LogP contribution is -2.10. The molecule has 0 amide bonds. The molecule has 0 unspecified atom stereocenters. The fourth-order valence-corrected chi connectivity index (χ4v) is 2.25. The van der Waals surface area contributed by atoms with Gasteiger partial charge in [-0.05, 0) is 25.4 Å². The van der Waals surface area contributed by atoms with Crippen molar-refractivity contribution in [2.45, 2.75) is 20.4 Å². The summed E-state index contributed by atoms with van der Waals surface area (Å²) in [6, 6.07) is 0. The number of nitrogens with one attached hydrogen (secondary N) is 2. The van der Waals surface area contributed by atoms with Crippen LogP contribution in [-0.4, -0.2) is 27.1 Å². The zero-order chi connectivity index (χ0) is 13.8. The molecule has 7 nitrogen and oxygen atoms in total. The number of hydrogen-bond acceptors (Lipinski definition) is 7. The summed E-state index contributed by atoms with van der Waals surface area (Å²) in [7, 11) is 0. The molecule has 2 aromatic heterocycles. The van der Waals surface area contributed by atoms with E-state index >= 15 is 0 Å². The second-order valence-corrected chi connectivity index (χ2v) is 4.64. The highest BCUT2D eigenvalue weighted by Crippen LogP contribution is 2.28. The van der Waals surface area contributed by atoms with Crippen molar-refractivity contribution in [3.05, 3.63) is 23.0 Å². The highest BCUT2D eigenvalue weighted by Gasteiger charge is 2.20. The van der Waals surface area contributed by atoms with E-state index in [4.69, 9.17) is 10.5 Å². The number of nitrogen functional groups attached to an aromatic ring is 1. The summed E-state index contributed by atoms with van der Waals surface area (Å²) >= 11 is 1.14. The van der Waals surface area contributed by atoms with E-state index in [1.807, 2.05) is 6.92 Å². The van der Waals surface area contributed by atoms with Gasteiger partial charge in [-0.25, -0.2) is 4.79 Å². The van der Waals surface area contributed by atoms with Crippen LogP contribution in [-0.2, 0) is 11.3 Å². The molecule has 0 aliphatic heterocycles. The first-order valence-corrected chi connectivity index (χ1v) is 6.55. The Morgan fingerprint density at radius 1 is 1.63 bits per heavy atom. The van der Waals surface area contributed by atoms with Gasteiger partial charge in [-0.1, -0.05) is 0 Å². The Morgan fingerprint density at radius 2 is 2.42 bits per heavy atom. The van der Waals surface area contributed by atoms with Crippen molar-refractivity contribution in [3.8, 4) is 0 Å². The van der Waals surface area contributed by atoms with Crippen molar-refractivity contribution in [1.82, 2.24) is 14.6 Å². The number of H-pyrrole nitrogens is 1. The molecule has 2 rings (SSSR count). The molecule has 0 bridgehead atoms. The van der Waals surface area contributed by atoms with Crippen molar-refractivity contribution < 1.29 is 9.53 Å². The molecule has 0 spiro atoms. The summed E-state index contributed by atoms with van der Waals surface area (Å²) in [5, 5.41) is 10.5. The Kier molecular flexibility index (Phi) is 4.00. The summed E-state index contributed by atoms with van der Waals surface area (Å²) < 4.78 is 8.93. The zero-order valence-corrected chi connectivity index (χ0v) is 11.5. The third-order valence-electron chi connectivity index (χ3n) is 2.57. The number of carbonyl (C=O) groups is 1. The fraction of sp³-hybridized carbons (Fsp3) is 0.364. The SMILES string of the molecule is CCOC(=O)c1c(N)nsc1NCc1cn[nH]c1C. The van der Waals surface area contributed by atoms with Crippen molar-refractivity contribution >= 4 is 28.3 Å². The van der Waals surface area contributed by atoms with Crippen LogP contribution in [0.5, 0.6) is 0 Å². The number of ether oxygens (including phenoxy) is 1. The number of aromatic amines is 1. The molecule has 8 heteroatoms. The van der Waals surface area contributed by atoms with Gasteiger partial charge in [-0.2, -0.15) is 9.47 Å². The summed E-state index contributed by atoms with van der Waals surface area (Å²) in [5.74, 6) is -0.268. The molecular formula is C11H15N5O2S. The number of aryl methyl sites for hydroxylation is 1. The average Bonchev–Trinajstić information content (AvgIpc) is 2.93. The molecule has 0 aromatic carbocycles. The van der Waals surface area contributed by atoms with E-state index in [1.165, 1.54) is 0 Å². The van der Waals surface area contributed by atoms with E-state index in [0.717, 1.165) is 22.8 Å². The number of hydrogen-bond donors (Lipinski definition) is 3. The minimum absolute atomic E-state index is 0.190.